The first-order chi connectivity index (χ1) is 9.63. The lowest BCUT2D eigenvalue weighted by molar-refractivity contribution is -0.137. The number of hydrogen-bond acceptors (Lipinski definition) is 3. The van der Waals surface area contributed by atoms with Gasteiger partial charge in [-0.2, -0.15) is 13.2 Å². The van der Waals surface area contributed by atoms with Crippen LogP contribution in [0.1, 0.15) is 25.0 Å². The maximum atomic E-state index is 12.8. The van der Waals surface area contributed by atoms with Gasteiger partial charge in [0.1, 0.15) is 4.99 Å². The number of benzene rings is 1. The highest BCUT2D eigenvalue weighted by Crippen LogP contribution is 2.35. The maximum absolute atomic E-state index is 12.8. The van der Waals surface area contributed by atoms with Crippen LogP contribution in [-0.2, 0) is 10.9 Å². The van der Waals surface area contributed by atoms with Crippen LogP contribution in [0.5, 0.6) is 0 Å². The zero-order valence-electron chi connectivity index (χ0n) is 11.8. The Balaban J connectivity index is 2.51. The second kappa shape index (κ2) is 5.46. The molecule has 7 heteroatoms. The molecule has 0 aromatic heterocycles. The fourth-order valence-corrected chi connectivity index (χ4v) is 2.61. The van der Waals surface area contributed by atoms with Gasteiger partial charge >= 0.3 is 6.18 Å². The van der Waals surface area contributed by atoms with Gasteiger partial charge in [0.2, 0.25) is 0 Å². The van der Waals surface area contributed by atoms with Crippen LogP contribution < -0.4 is 10.6 Å². The van der Waals surface area contributed by atoms with Gasteiger partial charge in [0, 0.05) is 17.8 Å². The van der Waals surface area contributed by atoms with Crippen molar-refractivity contribution in [3.63, 3.8) is 0 Å². The molecule has 2 rings (SSSR count). The number of alkyl halides is 3. The number of morpholine rings is 1. The minimum absolute atomic E-state index is 0.0432. The Morgan fingerprint density at radius 1 is 1.38 bits per heavy atom. The molecule has 0 spiro atoms. The van der Waals surface area contributed by atoms with Crippen molar-refractivity contribution < 1.29 is 17.9 Å². The summed E-state index contributed by atoms with van der Waals surface area (Å²) in [7, 11) is 0. The lowest BCUT2D eigenvalue weighted by Crippen LogP contribution is -2.53. The molecule has 1 aliphatic heterocycles. The monoisotopic (exact) mass is 318 g/mol. The van der Waals surface area contributed by atoms with Gasteiger partial charge in [0.05, 0.1) is 24.3 Å². The number of halogens is 3. The van der Waals surface area contributed by atoms with Crippen molar-refractivity contribution in [1.82, 2.24) is 0 Å². The van der Waals surface area contributed by atoms with Crippen LogP contribution in [-0.4, -0.2) is 30.3 Å². The highest BCUT2D eigenvalue weighted by atomic mass is 32.1. The normalized spacial score (nSPS) is 18.6. The molecule has 1 saturated heterocycles. The molecule has 0 aliphatic carbocycles. The van der Waals surface area contributed by atoms with Gasteiger partial charge in [0.25, 0.3) is 0 Å². The number of rotatable bonds is 2. The molecule has 1 heterocycles. The Morgan fingerprint density at radius 2 is 2.05 bits per heavy atom. The van der Waals surface area contributed by atoms with E-state index >= 15 is 0 Å². The number of nitrogens with two attached hydrogens (primary N) is 1. The molecule has 0 unspecified atom stereocenters. The second-order valence-electron chi connectivity index (χ2n) is 5.61. The Morgan fingerprint density at radius 3 is 2.57 bits per heavy atom. The summed E-state index contributed by atoms with van der Waals surface area (Å²) in [6, 6.07) is 3.51. The largest absolute Gasteiger partial charge is 0.416 e. The Kier molecular flexibility index (Phi) is 4.17. The van der Waals surface area contributed by atoms with E-state index in [1.54, 1.807) is 0 Å². The van der Waals surface area contributed by atoms with Gasteiger partial charge in [-0.3, -0.25) is 0 Å². The van der Waals surface area contributed by atoms with Crippen molar-refractivity contribution in [3.05, 3.63) is 29.3 Å². The van der Waals surface area contributed by atoms with Crippen LogP contribution in [0.15, 0.2) is 18.2 Å². The van der Waals surface area contributed by atoms with E-state index in [-0.39, 0.29) is 16.1 Å². The average molecular weight is 318 g/mol. The van der Waals surface area contributed by atoms with Crippen LogP contribution in [0, 0.1) is 0 Å². The van der Waals surface area contributed by atoms with E-state index in [0.29, 0.717) is 25.4 Å². The number of hydrogen-bond donors (Lipinski definition) is 1. The van der Waals surface area contributed by atoms with Crippen LogP contribution in [0.2, 0.25) is 0 Å². The minimum Gasteiger partial charge on any atom is -0.389 e. The van der Waals surface area contributed by atoms with Crippen molar-refractivity contribution in [3.8, 4) is 0 Å². The Hall–Kier alpha value is -1.34. The molecule has 116 valence electrons. The van der Waals surface area contributed by atoms with Gasteiger partial charge in [-0.25, -0.2) is 0 Å². The summed E-state index contributed by atoms with van der Waals surface area (Å²) < 4.78 is 43.9. The van der Waals surface area contributed by atoms with Crippen LogP contribution in [0.4, 0.5) is 18.9 Å². The third-order valence-electron chi connectivity index (χ3n) is 3.53. The quantitative estimate of drug-likeness (QED) is 0.851. The highest BCUT2D eigenvalue weighted by molar-refractivity contribution is 7.80. The molecule has 1 fully saturated rings. The average Bonchev–Trinajstić information content (AvgIpc) is 2.36. The molecule has 0 amide bonds. The molecular formula is C14H17F3N2OS. The molecular weight excluding hydrogens is 301 g/mol. The predicted molar refractivity (Wildman–Crippen MR) is 79.6 cm³/mol. The SMILES string of the molecule is CC1(C)COCCN1c1ccc(C(F)(F)F)cc1C(N)=S. The van der Waals surface area contributed by atoms with Crippen molar-refractivity contribution in [2.75, 3.05) is 24.7 Å². The first-order valence-corrected chi connectivity index (χ1v) is 6.90. The first kappa shape index (κ1) is 16.0. The van der Waals surface area contributed by atoms with Gasteiger partial charge in [0.15, 0.2) is 0 Å². The molecule has 0 bridgehead atoms. The van der Waals surface area contributed by atoms with Crippen LogP contribution >= 0.6 is 12.2 Å². The number of thiocarbonyl (C=S) groups is 1. The fourth-order valence-electron chi connectivity index (χ4n) is 2.45. The van der Waals surface area contributed by atoms with Gasteiger partial charge < -0.3 is 15.4 Å². The zero-order valence-corrected chi connectivity index (χ0v) is 12.6. The Labute approximate surface area is 126 Å². The summed E-state index contributed by atoms with van der Waals surface area (Å²) in [5, 5.41) is 0. The molecule has 1 aromatic carbocycles. The molecule has 21 heavy (non-hydrogen) atoms. The van der Waals surface area contributed by atoms with E-state index in [1.807, 2.05) is 18.7 Å². The summed E-state index contributed by atoms with van der Waals surface area (Å²) in [5.74, 6) is 0. The molecule has 1 aromatic rings. The lowest BCUT2D eigenvalue weighted by atomic mass is 9.98. The maximum Gasteiger partial charge on any atom is 0.416 e. The molecule has 3 nitrogen and oxygen atoms in total. The van der Waals surface area contributed by atoms with E-state index in [0.717, 1.165) is 12.1 Å². The number of anilines is 1. The molecule has 1 aliphatic rings. The summed E-state index contributed by atoms with van der Waals surface area (Å²) >= 11 is 4.93. The fraction of sp³-hybridized carbons (Fsp3) is 0.500. The van der Waals surface area contributed by atoms with Gasteiger partial charge in [-0.15, -0.1) is 0 Å². The van der Waals surface area contributed by atoms with Crippen molar-refractivity contribution in [2.24, 2.45) is 5.73 Å². The van der Waals surface area contributed by atoms with Crippen LogP contribution in [0.25, 0.3) is 0 Å². The third kappa shape index (κ3) is 3.29. The Bertz CT molecular complexity index is 558. The van der Waals surface area contributed by atoms with Gasteiger partial charge in [-0.1, -0.05) is 12.2 Å². The minimum atomic E-state index is -4.42. The lowest BCUT2D eigenvalue weighted by Gasteiger charge is -2.44. The summed E-state index contributed by atoms with van der Waals surface area (Å²) in [5.41, 5.74) is 5.40. The topological polar surface area (TPSA) is 38.5 Å². The van der Waals surface area contributed by atoms with E-state index in [4.69, 9.17) is 22.7 Å². The molecule has 0 saturated carbocycles. The second-order valence-corrected chi connectivity index (χ2v) is 6.05. The molecule has 0 radical (unpaired) electrons. The molecule has 0 atom stereocenters. The van der Waals surface area contributed by atoms with E-state index in [2.05, 4.69) is 0 Å². The standard InChI is InChI=1S/C14H17F3N2OS/c1-13(2)8-20-6-5-19(13)11-4-3-9(14(15,16)17)7-10(11)12(18)21/h3-4,7H,5-6,8H2,1-2H3,(H2,18,21). The first-order valence-electron chi connectivity index (χ1n) is 6.49. The summed E-state index contributed by atoms with van der Waals surface area (Å²) in [4.78, 5) is 1.95. The van der Waals surface area contributed by atoms with E-state index in [9.17, 15) is 13.2 Å². The predicted octanol–water partition coefficient (Wildman–Crippen LogP) is 2.95. The summed E-state index contributed by atoms with van der Waals surface area (Å²) in [6.07, 6.45) is -4.42. The summed E-state index contributed by atoms with van der Waals surface area (Å²) in [6.45, 7) is 5.51. The van der Waals surface area contributed by atoms with Crippen LogP contribution in [0.3, 0.4) is 0 Å². The van der Waals surface area contributed by atoms with E-state index in [1.165, 1.54) is 6.07 Å². The van der Waals surface area contributed by atoms with Crippen molar-refractivity contribution in [1.29, 1.82) is 0 Å². The third-order valence-corrected chi connectivity index (χ3v) is 3.75. The van der Waals surface area contributed by atoms with E-state index < -0.39 is 11.7 Å². The highest BCUT2D eigenvalue weighted by Gasteiger charge is 2.35. The molecule has 2 N–H and O–H groups in total. The smallest absolute Gasteiger partial charge is 0.389 e. The van der Waals surface area contributed by atoms with Crippen molar-refractivity contribution >= 4 is 22.9 Å². The number of nitrogens with zero attached hydrogens (tertiary/aromatic N) is 1. The van der Waals surface area contributed by atoms with Crippen molar-refractivity contribution in [2.45, 2.75) is 25.6 Å². The zero-order chi connectivity index (χ0) is 15.8. The van der Waals surface area contributed by atoms with Gasteiger partial charge in [-0.05, 0) is 32.0 Å². The number of ether oxygens (including phenoxy) is 1.